The van der Waals surface area contributed by atoms with Crippen molar-refractivity contribution in [2.24, 2.45) is 5.92 Å². The number of rotatable bonds is 0. The second-order valence-corrected chi connectivity index (χ2v) is 6.82. The molecule has 0 N–H and O–H groups in total. The first-order chi connectivity index (χ1) is 11.8. The molecule has 1 saturated carbocycles. The molecular formula is C24H30. The van der Waals surface area contributed by atoms with Gasteiger partial charge in [0.05, 0.1) is 0 Å². The molecule has 0 nitrogen and oxygen atoms in total. The van der Waals surface area contributed by atoms with E-state index in [4.69, 9.17) is 0 Å². The Balaban J connectivity index is 0.000000308. The first-order valence-corrected chi connectivity index (χ1v) is 9.76. The smallest absolute Gasteiger partial charge is 0.00867 e. The molecule has 0 aliphatic heterocycles. The molecule has 0 heteroatoms. The van der Waals surface area contributed by atoms with E-state index >= 15 is 0 Å². The Hall–Kier alpha value is -1.82. The molecule has 2 aromatic rings. The van der Waals surface area contributed by atoms with Crippen molar-refractivity contribution in [3.8, 4) is 0 Å². The minimum Gasteiger partial charge on any atom is -0.0836 e. The quantitative estimate of drug-likeness (QED) is 0.475. The molecule has 3 aliphatic rings. The Kier molecular flexibility index (Phi) is 5.23. The normalized spacial score (nSPS) is 21.5. The van der Waals surface area contributed by atoms with Crippen LogP contribution >= 0.6 is 0 Å². The third-order valence-electron chi connectivity index (χ3n) is 5.02. The van der Waals surface area contributed by atoms with Gasteiger partial charge in [-0.1, -0.05) is 82.7 Å². The lowest BCUT2D eigenvalue weighted by atomic mass is 9.87. The van der Waals surface area contributed by atoms with Crippen molar-refractivity contribution in [2.75, 3.05) is 0 Å². The van der Waals surface area contributed by atoms with E-state index in [2.05, 4.69) is 62.4 Å². The van der Waals surface area contributed by atoms with Gasteiger partial charge in [-0.05, 0) is 64.1 Å². The van der Waals surface area contributed by atoms with E-state index in [0.717, 1.165) is 11.8 Å². The largest absolute Gasteiger partial charge is 0.0836 e. The van der Waals surface area contributed by atoms with E-state index in [0.29, 0.717) is 0 Å². The molecule has 2 unspecified atom stereocenters. The van der Waals surface area contributed by atoms with Gasteiger partial charge >= 0.3 is 0 Å². The van der Waals surface area contributed by atoms with E-state index in [1.54, 1.807) is 5.56 Å². The van der Waals surface area contributed by atoms with Crippen molar-refractivity contribution in [2.45, 2.75) is 59.3 Å². The lowest BCUT2D eigenvalue weighted by Gasteiger charge is -2.18. The van der Waals surface area contributed by atoms with Crippen LogP contribution < -0.4 is 0 Å². The molecule has 0 amide bonds. The van der Waals surface area contributed by atoms with Crippen molar-refractivity contribution in [3.05, 3.63) is 58.7 Å². The third-order valence-corrected chi connectivity index (χ3v) is 5.02. The fourth-order valence-electron chi connectivity index (χ4n) is 3.88. The average Bonchev–Trinajstić information content (AvgIpc) is 3.43. The summed E-state index contributed by atoms with van der Waals surface area (Å²) in [5, 5.41) is 2.89. The number of fused-ring (bicyclic) bond motifs is 7. The summed E-state index contributed by atoms with van der Waals surface area (Å²) >= 11 is 0. The van der Waals surface area contributed by atoms with Gasteiger partial charge in [0.15, 0.2) is 0 Å². The minimum atomic E-state index is 0.816. The summed E-state index contributed by atoms with van der Waals surface area (Å²) in [7, 11) is 0. The van der Waals surface area contributed by atoms with Crippen molar-refractivity contribution in [1.82, 2.24) is 0 Å². The van der Waals surface area contributed by atoms with Gasteiger partial charge in [-0.3, -0.25) is 0 Å². The van der Waals surface area contributed by atoms with E-state index in [1.165, 1.54) is 53.1 Å². The van der Waals surface area contributed by atoms with Crippen molar-refractivity contribution >= 4 is 22.9 Å². The topological polar surface area (TPSA) is 0 Å². The molecule has 1 fully saturated rings. The van der Waals surface area contributed by atoms with E-state index < -0.39 is 0 Å². The van der Waals surface area contributed by atoms with Crippen LogP contribution in [-0.2, 0) is 6.42 Å². The Morgan fingerprint density at radius 3 is 2.42 bits per heavy atom. The molecule has 0 heterocycles. The number of aryl methyl sites for hydroxylation is 1. The highest BCUT2D eigenvalue weighted by molar-refractivity contribution is 5.99. The van der Waals surface area contributed by atoms with Crippen molar-refractivity contribution < 1.29 is 0 Å². The fourth-order valence-corrected chi connectivity index (χ4v) is 3.88. The van der Waals surface area contributed by atoms with Crippen molar-refractivity contribution in [1.29, 1.82) is 0 Å². The molecule has 126 valence electrons. The molecule has 3 aliphatic carbocycles. The lowest BCUT2D eigenvalue weighted by Crippen LogP contribution is -1.98. The first-order valence-electron chi connectivity index (χ1n) is 9.76. The fraction of sp³-hybridized carbons (Fsp3) is 0.417. The van der Waals surface area contributed by atoms with Crippen LogP contribution in [0.15, 0.2) is 36.4 Å². The summed E-state index contributed by atoms with van der Waals surface area (Å²) < 4.78 is 0. The summed E-state index contributed by atoms with van der Waals surface area (Å²) in [6.07, 6.45) is 14.4. The van der Waals surface area contributed by atoms with Crippen LogP contribution in [0, 0.1) is 5.92 Å². The number of hydrogen-bond donors (Lipinski definition) is 0. The van der Waals surface area contributed by atoms with Crippen LogP contribution in [-0.4, -0.2) is 0 Å². The molecule has 0 spiro atoms. The monoisotopic (exact) mass is 318 g/mol. The van der Waals surface area contributed by atoms with Gasteiger partial charge in [-0.2, -0.15) is 0 Å². The Morgan fingerprint density at radius 2 is 1.62 bits per heavy atom. The number of hydrogen-bond acceptors (Lipinski definition) is 0. The maximum absolute atomic E-state index is 2.42. The van der Waals surface area contributed by atoms with E-state index in [9.17, 15) is 0 Å². The highest BCUT2D eigenvalue weighted by atomic mass is 14.4. The summed E-state index contributed by atoms with van der Waals surface area (Å²) in [6, 6.07) is 9.43. The van der Waals surface area contributed by atoms with E-state index in [1.807, 2.05) is 13.8 Å². The molecule has 0 saturated heterocycles. The SMILES string of the molecule is C1=Cc2c(ccc3c4c(ccc23)C2CC2C=C4)CC1.CC.CCC. The van der Waals surface area contributed by atoms with E-state index in [-0.39, 0.29) is 0 Å². The van der Waals surface area contributed by atoms with Gasteiger partial charge in [0.2, 0.25) is 0 Å². The van der Waals surface area contributed by atoms with Crippen LogP contribution in [0.5, 0.6) is 0 Å². The molecule has 2 aromatic carbocycles. The molecule has 0 bridgehead atoms. The van der Waals surface area contributed by atoms with Gasteiger partial charge < -0.3 is 0 Å². The zero-order chi connectivity index (χ0) is 17.1. The van der Waals surface area contributed by atoms with Gasteiger partial charge in [0.1, 0.15) is 0 Å². The second-order valence-electron chi connectivity index (χ2n) is 6.82. The second kappa shape index (κ2) is 7.38. The minimum absolute atomic E-state index is 0.816. The Labute approximate surface area is 147 Å². The molecule has 24 heavy (non-hydrogen) atoms. The summed E-state index contributed by atoms with van der Waals surface area (Å²) in [6.45, 7) is 8.25. The Bertz CT molecular complexity index is 776. The highest BCUT2D eigenvalue weighted by Gasteiger charge is 2.39. The third kappa shape index (κ3) is 2.95. The average molecular weight is 319 g/mol. The van der Waals surface area contributed by atoms with Crippen LogP contribution in [0.2, 0.25) is 0 Å². The van der Waals surface area contributed by atoms with Crippen LogP contribution in [0.3, 0.4) is 0 Å². The Morgan fingerprint density at radius 1 is 0.917 bits per heavy atom. The van der Waals surface area contributed by atoms with Crippen molar-refractivity contribution in [3.63, 3.8) is 0 Å². The van der Waals surface area contributed by atoms with Crippen LogP contribution in [0.25, 0.3) is 22.9 Å². The zero-order valence-corrected chi connectivity index (χ0v) is 15.6. The molecular weight excluding hydrogens is 288 g/mol. The zero-order valence-electron chi connectivity index (χ0n) is 15.6. The predicted octanol–water partition coefficient (Wildman–Crippen LogP) is 7.37. The van der Waals surface area contributed by atoms with Gasteiger partial charge in [-0.25, -0.2) is 0 Å². The molecule has 2 atom stereocenters. The highest BCUT2D eigenvalue weighted by Crippen LogP contribution is 2.53. The van der Waals surface area contributed by atoms with Gasteiger partial charge in [0.25, 0.3) is 0 Å². The van der Waals surface area contributed by atoms with Gasteiger partial charge in [-0.15, -0.1) is 0 Å². The summed E-state index contributed by atoms with van der Waals surface area (Å²) in [4.78, 5) is 0. The summed E-state index contributed by atoms with van der Waals surface area (Å²) in [5.41, 5.74) is 6.04. The maximum Gasteiger partial charge on any atom is -0.00867 e. The molecule has 5 rings (SSSR count). The standard InChI is InChI=1S/C19H16.C3H8.C2H6/c1-2-4-14-12(3-1)5-7-16-15(14)9-10-18-17(16)8-6-13-11-19(13)18;1-3-2;1-2/h2,4-10,13,19H,1,3,11H2;3H2,1-2H3;1-2H3. The first kappa shape index (κ1) is 17.0. The predicted molar refractivity (Wildman–Crippen MR) is 108 cm³/mol. The van der Waals surface area contributed by atoms with Gasteiger partial charge in [0, 0.05) is 0 Å². The van der Waals surface area contributed by atoms with Crippen LogP contribution in [0.4, 0.5) is 0 Å². The maximum atomic E-state index is 2.42. The number of allylic oxidation sites excluding steroid dienone is 2. The molecule has 0 radical (unpaired) electrons. The summed E-state index contributed by atoms with van der Waals surface area (Å²) in [5.74, 6) is 1.65. The molecule has 0 aromatic heterocycles. The lowest BCUT2D eigenvalue weighted by molar-refractivity contribution is 0.987. The van der Waals surface area contributed by atoms with Crippen LogP contribution in [0.1, 0.15) is 75.1 Å². The number of benzene rings is 2.